The lowest BCUT2D eigenvalue weighted by Crippen LogP contribution is -2.17. The molecule has 124 valence electrons. The Bertz CT molecular complexity index is 674. The fourth-order valence-corrected chi connectivity index (χ4v) is 3.83. The standard InChI is InChI=1S/C18H22O4S/c1-18(2,11-7-10-13(19)22-3)14-15(20)16(23-17(14)21)12-8-5-4-6-9-12/h4-6,8-9,20-21H,7,10-11H2,1-3H3. The molecule has 0 saturated heterocycles. The minimum atomic E-state index is -0.439. The van der Waals surface area contributed by atoms with Crippen molar-refractivity contribution in [3.8, 4) is 21.3 Å². The zero-order valence-electron chi connectivity index (χ0n) is 13.6. The Kier molecular flexibility index (Phi) is 5.31. The van der Waals surface area contributed by atoms with Crippen LogP contribution in [0, 0.1) is 0 Å². The van der Waals surface area contributed by atoms with Crippen LogP contribution < -0.4 is 0 Å². The van der Waals surface area contributed by atoms with Crippen LogP contribution >= 0.6 is 11.3 Å². The van der Waals surface area contributed by atoms with Crippen LogP contribution in [0.25, 0.3) is 10.4 Å². The molecule has 23 heavy (non-hydrogen) atoms. The Morgan fingerprint density at radius 2 is 1.87 bits per heavy atom. The average molecular weight is 334 g/mol. The topological polar surface area (TPSA) is 66.8 Å². The van der Waals surface area contributed by atoms with Gasteiger partial charge in [0.2, 0.25) is 0 Å². The molecule has 1 aromatic heterocycles. The van der Waals surface area contributed by atoms with E-state index in [-0.39, 0.29) is 16.8 Å². The van der Waals surface area contributed by atoms with E-state index in [9.17, 15) is 15.0 Å². The first-order valence-corrected chi connectivity index (χ1v) is 8.36. The molecule has 4 nitrogen and oxygen atoms in total. The molecule has 0 fully saturated rings. The Hall–Kier alpha value is -2.01. The maximum absolute atomic E-state index is 11.2. The highest BCUT2D eigenvalue weighted by Crippen LogP contribution is 2.51. The van der Waals surface area contributed by atoms with E-state index in [1.165, 1.54) is 18.4 Å². The van der Waals surface area contributed by atoms with Crippen LogP contribution in [0.4, 0.5) is 0 Å². The first-order valence-electron chi connectivity index (χ1n) is 7.54. The fourth-order valence-electron chi connectivity index (χ4n) is 2.71. The molecular formula is C18H22O4S. The highest BCUT2D eigenvalue weighted by atomic mass is 32.1. The number of hydrogen-bond acceptors (Lipinski definition) is 5. The van der Waals surface area contributed by atoms with Crippen molar-refractivity contribution in [1.82, 2.24) is 0 Å². The van der Waals surface area contributed by atoms with E-state index in [2.05, 4.69) is 4.74 Å². The summed E-state index contributed by atoms with van der Waals surface area (Å²) in [5.41, 5.74) is 0.985. The van der Waals surface area contributed by atoms with Crippen LogP contribution in [-0.2, 0) is 14.9 Å². The third kappa shape index (κ3) is 3.85. The minimum Gasteiger partial charge on any atom is -0.506 e. The van der Waals surface area contributed by atoms with Gasteiger partial charge >= 0.3 is 5.97 Å². The van der Waals surface area contributed by atoms with Crippen molar-refractivity contribution in [2.45, 2.75) is 38.5 Å². The van der Waals surface area contributed by atoms with E-state index in [0.717, 1.165) is 5.56 Å². The lowest BCUT2D eigenvalue weighted by molar-refractivity contribution is -0.140. The summed E-state index contributed by atoms with van der Waals surface area (Å²) in [5, 5.41) is 21.1. The molecule has 0 radical (unpaired) electrons. The molecule has 0 atom stereocenters. The average Bonchev–Trinajstić information content (AvgIpc) is 2.83. The maximum atomic E-state index is 11.2. The Labute approximate surface area is 140 Å². The number of hydrogen-bond donors (Lipinski definition) is 2. The molecule has 0 bridgehead atoms. The summed E-state index contributed by atoms with van der Waals surface area (Å²) in [6, 6.07) is 9.50. The van der Waals surface area contributed by atoms with Gasteiger partial charge in [-0.25, -0.2) is 0 Å². The Balaban J connectivity index is 2.25. The highest BCUT2D eigenvalue weighted by Gasteiger charge is 2.31. The predicted octanol–water partition coefficient (Wildman–Crippen LogP) is 4.45. The molecule has 0 unspecified atom stereocenters. The van der Waals surface area contributed by atoms with E-state index < -0.39 is 5.41 Å². The van der Waals surface area contributed by atoms with Gasteiger partial charge in [-0.2, -0.15) is 0 Å². The third-order valence-corrected chi connectivity index (χ3v) is 5.02. The van der Waals surface area contributed by atoms with Gasteiger partial charge in [-0.3, -0.25) is 4.79 Å². The summed E-state index contributed by atoms with van der Waals surface area (Å²) < 4.78 is 4.64. The number of benzene rings is 1. The lowest BCUT2D eigenvalue weighted by atomic mass is 9.80. The zero-order valence-corrected chi connectivity index (χ0v) is 14.4. The predicted molar refractivity (Wildman–Crippen MR) is 92.0 cm³/mol. The van der Waals surface area contributed by atoms with Crippen LogP contribution in [0.5, 0.6) is 10.8 Å². The molecule has 0 aliphatic carbocycles. The van der Waals surface area contributed by atoms with Crippen molar-refractivity contribution in [3.05, 3.63) is 35.9 Å². The van der Waals surface area contributed by atoms with Gasteiger partial charge in [0, 0.05) is 6.42 Å². The van der Waals surface area contributed by atoms with Gasteiger partial charge in [-0.05, 0) is 23.8 Å². The first-order chi connectivity index (χ1) is 10.9. The zero-order chi connectivity index (χ0) is 17.0. The van der Waals surface area contributed by atoms with Crippen LogP contribution in [0.1, 0.15) is 38.7 Å². The monoisotopic (exact) mass is 334 g/mol. The minimum absolute atomic E-state index is 0.127. The van der Waals surface area contributed by atoms with Gasteiger partial charge in [0.1, 0.15) is 5.75 Å². The fraction of sp³-hybridized carbons (Fsp3) is 0.389. The third-order valence-electron chi connectivity index (χ3n) is 3.99. The van der Waals surface area contributed by atoms with Crippen LogP contribution in [-0.4, -0.2) is 23.3 Å². The number of carbonyl (C=O) groups is 1. The van der Waals surface area contributed by atoms with Crippen LogP contribution in [0.3, 0.4) is 0 Å². The van der Waals surface area contributed by atoms with Gasteiger partial charge in [-0.1, -0.05) is 55.5 Å². The molecule has 0 saturated carbocycles. The van der Waals surface area contributed by atoms with Gasteiger partial charge < -0.3 is 14.9 Å². The van der Waals surface area contributed by atoms with Crippen molar-refractivity contribution in [3.63, 3.8) is 0 Å². The molecule has 2 aromatic rings. The van der Waals surface area contributed by atoms with Crippen molar-refractivity contribution in [2.75, 3.05) is 7.11 Å². The summed E-state index contributed by atoms with van der Waals surface area (Å²) in [6.07, 6.45) is 1.63. The van der Waals surface area contributed by atoms with Gasteiger partial charge in [0.05, 0.1) is 17.6 Å². The lowest BCUT2D eigenvalue weighted by Gasteiger charge is -2.24. The number of ether oxygens (including phenoxy) is 1. The van der Waals surface area contributed by atoms with E-state index in [1.807, 2.05) is 44.2 Å². The largest absolute Gasteiger partial charge is 0.506 e. The van der Waals surface area contributed by atoms with Crippen molar-refractivity contribution in [1.29, 1.82) is 0 Å². The van der Waals surface area contributed by atoms with Crippen molar-refractivity contribution < 1.29 is 19.7 Å². The summed E-state index contributed by atoms with van der Waals surface area (Å²) >= 11 is 1.18. The molecule has 0 spiro atoms. The molecule has 2 N–H and O–H groups in total. The highest BCUT2D eigenvalue weighted by molar-refractivity contribution is 7.17. The number of esters is 1. The Morgan fingerprint density at radius 3 is 2.48 bits per heavy atom. The molecular weight excluding hydrogens is 312 g/mol. The number of carbonyl (C=O) groups excluding carboxylic acids is 1. The second-order valence-electron chi connectivity index (χ2n) is 6.14. The first kappa shape index (κ1) is 17.3. The van der Waals surface area contributed by atoms with Crippen LogP contribution in [0.15, 0.2) is 30.3 Å². The summed E-state index contributed by atoms with van der Waals surface area (Å²) in [6.45, 7) is 3.92. The molecule has 5 heteroatoms. The Morgan fingerprint density at radius 1 is 1.22 bits per heavy atom. The SMILES string of the molecule is COC(=O)CCCC(C)(C)c1c(O)sc(-c2ccccc2)c1O. The maximum Gasteiger partial charge on any atom is 0.305 e. The van der Waals surface area contributed by atoms with Crippen molar-refractivity contribution in [2.24, 2.45) is 0 Å². The van der Waals surface area contributed by atoms with E-state index in [1.54, 1.807) is 0 Å². The summed E-state index contributed by atoms with van der Waals surface area (Å²) in [4.78, 5) is 11.9. The summed E-state index contributed by atoms with van der Waals surface area (Å²) in [7, 11) is 1.37. The van der Waals surface area contributed by atoms with Crippen LogP contribution in [0.2, 0.25) is 0 Å². The van der Waals surface area contributed by atoms with Gasteiger partial charge in [-0.15, -0.1) is 0 Å². The molecule has 1 heterocycles. The second kappa shape index (κ2) is 7.04. The molecule has 0 amide bonds. The smallest absolute Gasteiger partial charge is 0.305 e. The molecule has 0 aliphatic heterocycles. The molecule has 0 aliphatic rings. The van der Waals surface area contributed by atoms with E-state index >= 15 is 0 Å². The number of aromatic hydroxyl groups is 2. The molecule has 2 rings (SSSR count). The summed E-state index contributed by atoms with van der Waals surface area (Å²) in [5.74, 6) is -0.119. The van der Waals surface area contributed by atoms with Gasteiger partial charge in [0.25, 0.3) is 0 Å². The number of thiophene rings is 1. The number of rotatable bonds is 6. The quantitative estimate of drug-likeness (QED) is 0.766. The van der Waals surface area contributed by atoms with Crippen molar-refractivity contribution >= 4 is 17.3 Å². The second-order valence-corrected chi connectivity index (χ2v) is 7.14. The van der Waals surface area contributed by atoms with E-state index in [0.29, 0.717) is 29.7 Å². The molecule has 1 aromatic carbocycles. The van der Waals surface area contributed by atoms with E-state index in [4.69, 9.17) is 0 Å². The van der Waals surface area contributed by atoms with Gasteiger partial charge in [0.15, 0.2) is 5.06 Å². The number of methoxy groups -OCH3 is 1. The normalized spacial score (nSPS) is 11.4.